The normalized spacial score (nSPS) is 13.1. The Balaban J connectivity index is 2.09. The van der Waals surface area contributed by atoms with Gasteiger partial charge in [-0.2, -0.15) is 13.2 Å². The molecule has 2 aromatic heterocycles. The number of methoxy groups -OCH3 is 1. The molecule has 0 aliphatic rings. The van der Waals surface area contributed by atoms with Crippen molar-refractivity contribution in [1.29, 1.82) is 0 Å². The number of nitrogens with zero attached hydrogens (tertiary/aromatic N) is 4. The van der Waals surface area contributed by atoms with Gasteiger partial charge in [-0.05, 0) is 29.5 Å². The number of hydrogen-bond donors (Lipinski definition) is 0. The Kier molecular flexibility index (Phi) is 4.74. The molecule has 7 nitrogen and oxygen atoms in total. The molecule has 0 radical (unpaired) electrons. The van der Waals surface area contributed by atoms with Crippen LogP contribution in [-0.2, 0) is 11.3 Å². The lowest BCUT2D eigenvalue weighted by atomic mass is 10.3. The van der Waals surface area contributed by atoms with E-state index in [0.717, 1.165) is 11.8 Å². The number of carbonyl (C=O) groups excluding carboxylic acids is 1. The molecule has 2 rings (SSSR count). The van der Waals surface area contributed by atoms with Crippen LogP contribution < -0.4 is 0 Å². The van der Waals surface area contributed by atoms with E-state index in [1.165, 1.54) is 13.2 Å². The summed E-state index contributed by atoms with van der Waals surface area (Å²) < 4.78 is 47.6. The number of halogens is 3. The van der Waals surface area contributed by atoms with Crippen molar-refractivity contribution in [3.8, 4) is 0 Å². The summed E-state index contributed by atoms with van der Waals surface area (Å²) in [5.41, 5.74) is 0. The molecule has 0 bridgehead atoms. The fourth-order valence-corrected chi connectivity index (χ4v) is 2.41. The summed E-state index contributed by atoms with van der Waals surface area (Å²) in [4.78, 5) is 11.3. The van der Waals surface area contributed by atoms with Crippen molar-refractivity contribution in [2.24, 2.45) is 0 Å². The Morgan fingerprint density at radius 3 is 2.86 bits per heavy atom. The molecule has 0 amide bonds. The van der Waals surface area contributed by atoms with Gasteiger partial charge in [0, 0.05) is 0 Å². The lowest BCUT2D eigenvalue weighted by Gasteiger charge is -2.10. The Morgan fingerprint density at radius 1 is 1.50 bits per heavy atom. The maximum Gasteiger partial charge on any atom is 0.408 e. The van der Waals surface area contributed by atoms with E-state index < -0.39 is 23.9 Å². The molecule has 2 heterocycles. The molecule has 1 atom stereocenters. The number of ether oxygens (including phenoxy) is 1. The van der Waals surface area contributed by atoms with Gasteiger partial charge in [0.25, 0.3) is 0 Å². The highest BCUT2D eigenvalue weighted by atomic mass is 32.2. The molecular weight excluding hydrogens is 325 g/mol. The van der Waals surface area contributed by atoms with Crippen LogP contribution in [0.3, 0.4) is 0 Å². The molecule has 0 spiro atoms. The zero-order valence-corrected chi connectivity index (χ0v) is 12.3. The topological polar surface area (TPSA) is 83.0 Å². The second-order valence-electron chi connectivity index (χ2n) is 4.19. The van der Waals surface area contributed by atoms with Crippen LogP contribution in [0.2, 0.25) is 0 Å². The zero-order chi connectivity index (χ0) is 16.3. The highest BCUT2D eigenvalue weighted by Gasteiger charge is 2.31. The average Bonchev–Trinajstić information content (AvgIpc) is 3.06. The van der Waals surface area contributed by atoms with Gasteiger partial charge in [0.1, 0.15) is 12.3 Å². The number of carbonyl (C=O) groups is 1. The molecule has 22 heavy (non-hydrogen) atoms. The zero-order valence-electron chi connectivity index (χ0n) is 11.5. The van der Waals surface area contributed by atoms with Crippen molar-refractivity contribution in [3.63, 3.8) is 0 Å². The van der Waals surface area contributed by atoms with E-state index in [1.807, 2.05) is 0 Å². The van der Waals surface area contributed by atoms with Crippen LogP contribution in [0.4, 0.5) is 13.2 Å². The van der Waals surface area contributed by atoms with E-state index >= 15 is 0 Å². The summed E-state index contributed by atoms with van der Waals surface area (Å²) in [5.74, 6) is -0.225. The molecule has 11 heteroatoms. The molecule has 1 unspecified atom stereocenters. The summed E-state index contributed by atoms with van der Waals surface area (Å²) in [6.45, 7) is 0.414. The highest BCUT2D eigenvalue weighted by molar-refractivity contribution is 7.99. The Hall–Kier alpha value is -2.04. The van der Waals surface area contributed by atoms with Gasteiger partial charge >= 0.3 is 12.1 Å². The van der Waals surface area contributed by atoms with Gasteiger partial charge in [-0.1, -0.05) is 11.8 Å². The number of aromatic nitrogens is 4. The van der Waals surface area contributed by atoms with Gasteiger partial charge in [-0.3, -0.25) is 0 Å². The van der Waals surface area contributed by atoms with Crippen molar-refractivity contribution in [1.82, 2.24) is 20.2 Å². The van der Waals surface area contributed by atoms with Crippen LogP contribution in [0.5, 0.6) is 0 Å². The van der Waals surface area contributed by atoms with Gasteiger partial charge in [0.15, 0.2) is 0 Å². The second-order valence-corrected chi connectivity index (χ2v) is 5.50. The van der Waals surface area contributed by atoms with E-state index in [2.05, 4.69) is 20.3 Å². The van der Waals surface area contributed by atoms with Gasteiger partial charge < -0.3 is 9.15 Å². The summed E-state index contributed by atoms with van der Waals surface area (Å²) in [5, 5.41) is 9.71. The predicted octanol–water partition coefficient (Wildman–Crippen LogP) is 2.47. The number of tetrazole rings is 1. The molecule has 0 aliphatic heterocycles. The van der Waals surface area contributed by atoms with E-state index in [1.54, 1.807) is 13.0 Å². The summed E-state index contributed by atoms with van der Waals surface area (Å²) in [7, 11) is 1.22. The minimum Gasteiger partial charge on any atom is -0.463 e. The van der Waals surface area contributed by atoms with Crippen molar-refractivity contribution in [2.75, 3.05) is 7.11 Å². The average molecular weight is 336 g/mol. The van der Waals surface area contributed by atoms with Crippen molar-refractivity contribution in [3.05, 3.63) is 23.7 Å². The van der Waals surface area contributed by atoms with Crippen molar-refractivity contribution < 1.29 is 27.1 Å². The van der Waals surface area contributed by atoms with E-state index in [4.69, 9.17) is 4.42 Å². The first-order valence-corrected chi connectivity index (χ1v) is 6.85. The van der Waals surface area contributed by atoms with E-state index in [-0.39, 0.29) is 10.9 Å². The first-order valence-electron chi connectivity index (χ1n) is 5.98. The highest BCUT2D eigenvalue weighted by Crippen LogP contribution is 2.34. The molecule has 120 valence electrons. The second kappa shape index (κ2) is 6.38. The van der Waals surface area contributed by atoms with Crippen LogP contribution in [-0.4, -0.2) is 39.5 Å². The fraction of sp³-hybridized carbons (Fsp3) is 0.455. The fourth-order valence-electron chi connectivity index (χ4n) is 1.55. The maximum absolute atomic E-state index is 12.4. The Morgan fingerprint density at radius 2 is 2.23 bits per heavy atom. The van der Waals surface area contributed by atoms with Gasteiger partial charge in [-0.25, -0.2) is 9.48 Å². The number of furan rings is 1. The minimum atomic E-state index is -4.42. The summed E-state index contributed by atoms with van der Waals surface area (Å²) in [6, 6.07) is 2.97. The van der Waals surface area contributed by atoms with Crippen LogP contribution >= 0.6 is 11.8 Å². The smallest absolute Gasteiger partial charge is 0.408 e. The molecule has 0 saturated heterocycles. The monoisotopic (exact) mass is 336 g/mol. The Bertz CT molecular complexity index is 655. The molecule has 0 fully saturated rings. The van der Waals surface area contributed by atoms with Crippen LogP contribution in [0, 0.1) is 0 Å². The number of alkyl halides is 3. The first-order chi connectivity index (χ1) is 10.3. The van der Waals surface area contributed by atoms with E-state index in [9.17, 15) is 18.0 Å². The van der Waals surface area contributed by atoms with Gasteiger partial charge in [0.05, 0.1) is 12.4 Å². The lowest BCUT2D eigenvalue weighted by Crippen LogP contribution is -2.19. The van der Waals surface area contributed by atoms with Gasteiger partial charge in [-0.15, -0.1) is 5.10 Å². The van der Waals surface area contributed by atoms with Crippen LogP contribution in [0.15, 0.2) is 21.7 Å². The molecule has 0 N–H and O–H groups in total. The van der Waals surface area contributed by atoms with Crippen molar-refractivity contribution in [2.45, 2.75) is 30.1 Å². The molecule has 2 aromatic rings. The minimum absolute atomic E-state index is 0.000781. The predicted molar refractivity (Wildman–Crippen MR) is 68.2 cm³/mol. The molecule has 0 aliphatic carbocycles. The van der Waals surface area contributed by atoms with Gasteiger partial charge in [0.2, 0.25) is 10.9 Å². The summed E-state index contributed by atoms with van der Waals surface area (Å²) >= 11 is 0.984. The molecule has 0 aromatic carbocycles. The third kappa shape index (κ3) is 4.00. The SMILES string of the molecule is COC(=O)c1ccc(C(C)Sc2nnnn2CC(F)(F)F)o1. The number of thioether (sulfide) groups is 1. The number of rotatable bonds is 5. The standard InChI is InChI=1S/C11H11F3N4O3S/c1-6(7-3-4-8(21-7)9(19)20-2)22-10-15-16-17-18(10)5-11(12,13)14/h3-4,6H,5H2,1-2H3. The quantitative estimate of drug-likeness (QED) is 0.612. The molecule has 0 saturated carbocycles. The van der Waals surface area contributed by atoms with Crippen molar-refractivity contribution >= 4 is 17.7 Å². The Labute approximate surface area is 126 Å². The number of hydrogen-bond acceptors (Lipinski definition) is 7. The van der Waals surface area contributed by atoms with Crippen LogP contribution in [0.25, 0.3) is 0 Å². The largest absolute Gasteiger partial charge is 0.463 e. The van der Waals surface area contributed by atoms with Crippen LogP contribution in [0.1, 0.15) is 28.5 Å². The third-order valence-electron chi connectivity index (χ3n) is 2.52. The summed E-state index contributed by atoms with van der Waals surface area (Å²) in [6.07, 6.45) is -4.42. The first kappa shape index (κ1) is 16.3. The third-order valence-corrected chi connectivity index (χ3v) is 3.61. The molecular formula is C11H11F3N4O3S. The van der Waals surface area contributed by atoms with E-state index in [0.29, 0.717) is 10.4 Å². The number of esters is 1. The maximum atomic E-state index is 12.4. The lowest BCUT2D eigenvalue weighted by molar-refractivity contribution is -0.144.